The summed E-state index contributed by atoms with van der Waals surface area (Å²) in [7, 11) is 0. The lowest BCUT2D eigenvalue weighted by atomic mass is 9.96. The van der Waals surface area contributed by atoms with Crippen LogP contribution >= 0.6 is 0 Å². The standard InChI is InChI=1S/C13H25N3O4/c1-8(2)6-10(16-12(14)18)11(17)15-7-13(19)4-5-20-9(13)3/h8-10,19H,4-7H2,1-3H3,(H,15,17)(H3,14,16,18). The monoisotopic (exact) mass is 287 g/mol. The Morgan fingerprint density at radius 2 is 2.15 bits per heavy atom. The highest BCUT2D eigenvalue weighted by Gasteiger charge is 2.40. The molecule has 0 aliphatic carbocycles. The Kier molecular flexibility index (Phi) is 5.76. The number of carbonyl (C=O) groups excluding carboxylic acids is 2. The van der Waals surface area contributed by atoms with Crippen molar-refractivity contribution in [2.45, 2.75) is 51.4 Å². The van der Waals surface area contributed by atoms with Crippen LogP contribution in [0.1, 0.15) is 33.6 Å². The third kappa shape index (κ3) is 4.64. The SMILES string of the molecule is CC(C)CC(NC(N)=O)C(=O)NCC1(O)CCOC1C. The molecule has 5 N–H and O–H groups in total. The third-order valence-corrected chi connectivity index (χ3v) is 3.57. The summed E-state index contributed by atoms with van der Waals surface area (Å²) in [5, 5.41) is 15.4. The van der Waals surface area contributed by atoms with Gasteiger partial charge in [-0.15, -0.1) is 0 Å². The first-order chi connectivity index (χ1) is 9.24. The van der Waals surface area contributed by atoms with E-state index in [4.69, 9.17) is 10.5 Å². The predicted molar refractivity (Wildman–Crippen MR) is 74.0 cm³/mol. The molecule has 0 aromatic carbocycles. The average Bonchev–Trinajstić information content (AvgIpc) is 2.65. The van der Waals surface area contributed by atoms with E-state index < -0.39 is 17.7 Å². The van der Waals surface area contributed by atoms with Gasteiger partial charge in [0.05, 0.1) is 6.10 Å². The summed E-state index contributed by atoms with van der Waals surface area (Å²) in [6.07, 6.45) is 0.640. The van der Waals surface area contributed by atoms with Crippen LogP contribution in [0, 0.1) is 5.92 Å². The van der Waals surface area contributed by atoms with E-state index in [1.54, 1.807) is 6.92 Å². The minimum absolute atomic E-state index is 0.0992. The Hall–Kier alpha value is -1.34. The van der Waals surface area contributed by atoms with Gasteiger partial charge in [0.2, 0.25) is 5.91 Å². The topological polar surface area (TPSA) is 114 Å². The molecule has 0 aromatic rings. The van der Waals surface area contributed by atoms with Crippen LogP contribution in [-0.4, -0.2) is 47.9 Å². The second kappa shape index (κ2) is 6.90. The van der Waals surface area contributed by atoms with Gasteiger partial charge in [-0.3, -0.25) is 4.79 Å². The zero-order chi connectivity index (χ0) is 15.3. The molecule has 0 saturated carbocycles. The zero-order valence-electron chi connectivity index (χ0n) is 12.3. The van der Waals surface area contributed by atoms with E-state index >= 15 is 0 Å². The van der Waals surface area contributed by atoms with Gasteiger partial charge in [0.15, 0.2) is 0 Å². The molecule has 7 nitrogen and oxygen atoms in total. The number of nitrogens with two attached hydrogens (primary N) is 1. The first-order valence-corrected chi connectivity index (χ1v) is 6.92. The maximum atomic E-state index is 12.1. The molecule has 3 unspecified atom stereocenters. The first-order valence-electron chi connectivity index (χ1n) is 6.92. The molecule has 7 heteroatoms. The molecular formula is C13H25N3O4. The first kappa shape index (κ1) is 16.7. The fraction of sp³-hybridized carbons (Fsp3) is 0.846. The summed E-state index contributed by atoms with van der Waals surface area (Å²) >= 11 is 0. The van der Waals surface area contributed by atoms with E-state index in [1.165, 1.54) is 0 Å². The van der Waals surface area contributed by atoms with Crippen LogP contribution in [-0.2, 0) is 9.53 Å². The molecule has 0 radical (unpaired) electrons. The highest BCUT2D eigenvalue weighted by Crippen LogP contribution is 2.24. The van der Waals surface area contributed by atoms with Crippen LogP contribution in [0.15, 0.2) is 0 Å². The van der Waals surface area contributed by atoms with E-state index in [9.17, 15) is 14.7 Å². The summed E-state index contributed by atoms with van der Waals surface area (Å²) in [5.74, 6) is -0.112. The Morgan fingerprint density at radius 1 is 1.50 bits per heavy atom. The molecular weight excluding hydrogens is 262 g/mol. The van der Waals surface area contributed by atoms with E-state index in [2.05, 4.69) is 10.6 Å². The van der Waals surface area contributed by atoms with Crippen LogP contribution < -0.4 is 16.4 Å². The summed E-state index contributed by atoms with van der Waals surface area (Å²) in [6.45, 7) is 6.24. The van der Waals surface area contributed by atoms with E-state index in [1.807, 2.05) is 13.8 Å². The van der Waals surface area contributed by atoms with Gasteiger partial charge in [0, 0.05) is 19.6 Å². The van der Waals surface area contributed by atoms with Crippen molar-refractivity contribution in [3.8, 4) is 0 Å². The Labute approximate surface area is 119 Å². The van der Waals surface area contributed by atoms with Crippen molar-refractivity contribution in [1.29, 1.82) is 0 Å². The maximum absolute atomic E-state index is 12.1. The molecule has 3 amide bonds. The molecule has 1 aliphatic heterocycles. The molecule has 20 heavy (non-hydrogen) atoms. The number of carbonyl (C=O) groups is 2. The van der Waals surface area contributed by atoms with Gasteiger partial charge in [-0.05, 0) is 19.3 Å². The van der Waals surface area contributed by atoms with Crippen molar-refractivity contribution in [3.05, 3.63) is 0 Å². The Bertz CT molecular complexity index is 362. The van der Waals surface area contributed by atoms with Crippen LogP contribution in [0.3, 0.4) is 0 Å². The Morgan fingerprint density at radius 3 is 2.60 bits per heavy atom. The van der Waals surface area contributed by atoms with Crippen LogP contribution in [0.5, 0.6) is 0 Å². The number of hydrogen-bond acceptors (Lipinski definition) is 4. The quantitative estimate of drug-likeness (QED) is 0.538. The van der Waals surface area contributed by atoms with Crippen molar-refractivity contribution in [2.24, 2.45) is 11.7 Å². The van der Waals surface area contributed by atoms with Crippen molar-refractivity contribution in [2.75, 3.05) is 13.2 Å². The van der Waals surface area contributed by atoms with Gasteiger partial charge in [-0.2, -0.15) is 0 Å². The molecule has 0 bridgehead atoms. The largest absolute Gasteiger partial charge is 0.385 e. The normalized spacial score (nSPS) is 27.4. The summed E-state index contributed by atoms with van der Waals surface area (Å²) < 4.78 is 5.30. The van der Waals surface area contributed by atoms with E-state index in [0.29, 0.717) is 19.4 Å². The molecule has 1 fully saturated rings. The minimum atomic E-state index is -1.05. The second-order valence-electron chi connectivity index (χ2n) is 5.78. The predicted octanol–water partition coefficient (Wildman–Crippen LogP) is -0.274. The van der Waals surface area contributed by atoms with E-state index in [-0.39, 0.29) is 24.5 Å². The fourth-order valence-corrected chi connectivity index (χ4v) is 2.24. The number of nitrogens with one attached hydrogen (secondary N) is 2. The van der Waals surface area contributed by atoms with Crippen LogP contribution in [0.4, 0.5) is 4.79 Å². The molecule has 116 valence electrons. The van der Waals surface area contributed by atoms with Gasteiger partial charge in [-0.1, -0.05) is 13.8 Å². The molecule has 1 heterocycles. The summed E-state index contributed by atoms with van der Waals surface area (Å²) in [5.41, 5.74) is 4.02. The lowest BCUT2D eigenvalue weighted by molar-refractivity contribution is -0.125. The zero-order valence-corrected chi connectivity index (χ0v) is 12.3. The molecule has 1 rings (SSSR count). The fourth-order valence-electron chi connectivity index (χ4n) is 2.24. The average molecular weight is 287 g/mol. The van der Waals surface area contributed by atoms with Crippen molar-refractivity contribution in [3.63, 3.8) is 0 Å². The number of primary amides is 1. The minimum Gasteiger partial charge on any atom is -0.385 e. The van der Waals surface area contributed by atoms with Crippen LogP contribution in [0.2, 0.25) is 0 Å². The van der Waals surface area contributed by atoms with Gasteiger partial charge < -0.3 is 26.2 Å². The number of rotatable bonds is 6. The molecule has 3 atom stereocenters. The third-order valence-electron chi connectivity index (χ3n) is 3.57. The number of urea groups is 1. The van der Waals surface area contributed by atoms with Gasteiger partial charge in [0.1, 0.15) is 11.6 Å². The number of ether oxygens (including phenoxy) is 1. The van der Waals surface area contributed by atoms with E-state index in [0.717, 1.165) is 0 Å². The number of hydrogen-bond donors (Lipinski definition) is 4. The van der Waals surface area contributed by atoms with Crippen molar-refractivity contribution >= 4 is 11.9 Å². The summed E-state index contributed by atoms with van der Waals surface area (Å²) in [4.78, 5) is 23.0. The lowest BCUT2D eigenvalue weighted by Gasteiger charge is -2.27. The Balaban J connectivity index is 2.55. The number of amides is 3. The van der Waals surface area contributed by atoms with Gasteiger partial charge in [-0.25, -0.2) is 4.79 Å². The molecule has 0 aromatic heterocycles. The van der Waals surface area contributed by atoms with Crippen molar-refractivity contribution in [1.82, 2.24) is 10.6 Å². The smallest absolute Gasteiger partial charge is 0.312 e. The van der Waals surface area contributed by atoms with Gasteiger partial charge >= 0.3 is 6.03 Å². The highest BCUT2D eigenvalue weighted by atomic mass is 16.5. The highest BCUT2D eigenvalue weighted by molar-refractivity contribution is 5.86. The number of aliphatic hydroxyl groups is 1. The molecule has 1 saturated heterocycles. The molecule has 0 spiro atoms. The lowest BCUT2D eigenvalue weighted by Crippen LogP contribution is -2.54. The van der Waals surface area contributed by atoms with Crippen LogP contribution in [0.25, 0.3) is 0 Å². The molecule has 1 aliphatic rings. The summed E-state index contributed by atoms with van der Waals surface area (Å²) in [6, 6.07) is -1.42. The van der Waals surface area contributed by atoms with Crippen molar-refractivity contribution < 1.29 is 19.4 Å². The maximum Gasteiger partial charge on any atom is 0.312 e. The van der Waals surface area contributed by atoms with Gasteiger partial charge in [0.25, 0.3) is 0 Å². The second-order valence-corrected chi connectivity index (χ2v) is 5.78.